The molecule has 0 unspecified atom stereocenters. The smallest absolute Gasteiger partial charge is 2.00 e. The summed E-state index contributed by atoms with van der Waals surface area (Å²) in [4.78, 5) is 0. The SMILES string of the molecule is [Mg+2].[Mg+2].[Mg+2].[Mg+2].[Mg+2].[Mg+2].[Mg+2].[Mg+2].[Mg+2].[Mg+2].[Mg+2].[Mg+2].[Mg+2].[Mg+2].[Mg+2].[Mg+2].[Mg+2].[Mg+2].[Mg+2].[Mg+2].[Mg+2].[Mg+2].[Mg+2].[Mg+2].[Mg+2].[Mg+2].[Mg+2].[Mg+2].[Mg+2].[Mg+2].[Mg+2].[Mg+2].[Mg+2].[Mg+2].[Mg+2].[Mg+2].[Mg+2].[Mg+2].[Mg+2].[Mg+2].[Mg+2].[Mg+2].[Mg+2].[Mg+2].[Mg+2].[Mg+2].[Mg+2].[Mg+2].[Mg+2].[Mg+2].[Mg+2].[Mg+2].[Mg+2].[Mg+2].[Mg+2].[Mg+2].[Mg+2].[Mg+2].[Mg+2].[Mg+2].[Mg+2].[Mg+2].[Mg+2].[Mg+2].[Mg+2].[Mg+2].[Mg+2].[Mg+2].[Mg+2].[Mg+2].[Mg+2].[Mg+2].[Mg+2].[Mg+2].[Mg+2].[Mg+2].[Mg+2].[Mg+2].[Mg+2].[Mg+2].[Mg+2].[Mg+2].[Mg+2].[Mg+2].[Mg+2].[Mg+2].[Mg+2].[Mg+2].[Mg+2].[Mg+2].[Mg+2].[Mg+2].[Mg+2].[Mg+2].[Mg+2].[Mg+2].[Mg+2].[Mg+2].[Mg+2].[Mg+2]. The maximum Gasteiger partial charge on any atom is 2.00 e. The van der Waals surface area contributed by atoms with Crippen molar-refractivity contribution in [1.29, 1.82) is 0 Å². The molecule has 0 aromatic rings. The molecule has 100 heavy (non-hydrogen) atoms. The zero-order valence-corrected chi connectivity index (χ0v) is 212. The third-order valence-corrected chi connectivity index (χ3v) is 0. The second-order valence-electron chi connectivity index (χ2n) is 0. The van der Waals surface area contributed by atoms with Crippen LogP contribution in [0, 0.1) is 0 Å². The molecule has 0 bridgehead atoms. The van der Waals surface area contributed by atoms with E-state index in [2.05, 4.69) is 0 Å². The molecule has 0 aliphatic heterocycles. The Morgan fingerprint density at radius 1 is 0.0100 bits per heavy atom. The molecule has 0 heterocycles. The first-order chi connectivity index (χ1) is 0. The Hall–Kier alpha value is 76.6. The monoisotopic (exact) mass is 2400 g/mol. The van der Waals surface area contributed by atoms with E-state index >= 15 is 0 Å². The molecule has 0 rings (SSSR count). The molecule has 100 heteroatoms. The molecule has 0 nitrogen and oxygen atoms in total. The Balaban J connectivity index is 0. The quantitative estimate of drug-likeness (QED) is 0.212. The molecule has 0 aromatic heterocycles. The van der Waals surface area contributed by atoms with Crippen LogP contribution >= 0.6 is 0 Å². The van der Waals surface area contributed by atoms with Gasteiger partial charge in [0.15, 0.2) is 0 Å². The van der Waals surface area contributed by atoms with Crippen LogP contribution in [0.1, 0.15) is 0 Å². The third kappa shape index (κ3) is 897. The van der Waals surface area contributed by atoms with Crippen LogP contribution in [0.4, 0.5) is 0 Å². The van der Waals surface area contributed by atoms with Gasteiger partial charge >= 0.3 is 2310 Å². The van der Waals surface area contributed by atoms with E-state index < -0.39 is 0 Å². The van der Waals surface area contributed by atoms with Crippen molar-refractivity contribution in [3.05, 3.63) is 0 Å². The first-order valence-corrected chi connectivity index (χ1v) is 0. The molecule has 0 atom stereocenters. The van der Waals surface area contributed by atoms with E-state index in [4.69, 9.17) is 0 Å². The minimum Gasteiger partial charge on any atom is 2.00 e. The van der Waals surface area contributed by atoms with Gasteiger partial charge in [0.2, 0.25) is 0 Å². The molecule has 0 saturated carbocycles. The van der Waals surface area contributed by atoms with Gasteiger partial charge in [0.25, 0.3) is 0 Å². The minimum absolute atomic E-state index is 0. The van der Waals surface area contributed by atoms with E-state index in [1.165, 1.54) is 0 Å². The molecular weight excluding hydrogens is 2430 g/mol. The van der Waals surface area contributed by atoms with Gasteiger partial charge in [0.05, 0.1) is 0 Å². The van der Waals surface area contributed by atoms with Crippen molar-refractivity contribution in [3.63, 3.8) is 0 Å². The van der Waals surface area contributed by atoms with Crippen LogP contribution in [0.25, 0.3) is 0 Å². The van der Waals surface area contributed by atoms with E-state index in [0.29, 0.717) is 0 Å². The minimum atomic E-state index is 0. The molecule has 0 N–H and O–H groups in total. The van der Waals surface area contributed by atoms with Gasteiger partial charge in [-0.05, 0) is 0 Å². The van der Waals surface area contributed by atoms with Crippen LogP contribution in [0.3, 0.4) is 0 Å². The van der Waals surface area contributed by atoms with Gasteiger partial charge in [-0.25, -0.2) is 0 Å². The Bertz CT molecular complexity index is 0. The van der Waals surface area contributed by atoms with Crippen molar-refractivity contribution in [2.75, 3.05) is 0 Å². The fourth-order valence-corrected chi connectivity index (χ4v) is 0. The van der Waals surface area contributed by atoms with Crippen molar-refractivity contribution in [3.8, 4) is 0 Å². The van der Waals surface area contributed by atoms with Crippen LogP contribution in [-0.4, -0.2) is 2310 Å². The van der Waals surface area contributed by atoms with Crippen LogP contribution < -0.4 is 0 Å². The Labute approximate surface area is 2230 Å². The molecular formula is Mg100+200. The second kappa shape index (κ2) is 912. The maximum absolute atomic E-state index is 0. The summed E-state index contributed by atoms with van der Waals surface area (Å²) in [5.41, 5.74) is 0. The van der Waals surface area contributed by atoms with Crippen molar-refractivity contribution >= 4 is 2310 Å². The molecule has 0 fully saturated rings. The largest absolute Gasteiger partial charge is 2.00 e. The van der Waals surface area contributed by atoms with Gasteiger partial charge in [-0.1, -0.05) is 0 Å². The van der Waals surface area contributed by atoms with E-state index in [1.54, 1.807) is 0 Å². The van der Waals surface area contributed by atoms with Crippen molar-refractivity contribution in [2.45, 2.75) is 0 Å². The summed E-state index contributed by atoms with van der Waals surface area (Å²) < 4.78 is 0. The fourth-order valence-electron chi connectivity index (χ4n) is 0. The predicted octanol–water partition coefficient (Wildman–Crippen LogP) is -38.1. The number of hydrogen-bond acceptors (Lipinski definition) is 0. The van der Waals surface area contributed by atoms with Crippen LogP contribution in [0.2, 0.25) is 0 Å². The summed E-state index contributed by atoms with van der Waals surface area (Å²) in [6.45, 7) is 0. The van der Waals surface area contributed by atoms with Crippen molar-refractivity contribution < 1.29 is 0 Å². The van der Waals surface area contributed by atoms with Gasteiger partial charge < -0.3 is 0 Å². The summed E-state index contributed by atoms with van der Waals surface area (Å²) in [6.07, 6.45) is 0. The first-order valence-electron chi connectivity index (χ1n) is 0. The van der Waals surface area contributed by atoms with Gasteiger partial charge in [-0.3, -0.25) is 0 Å². The summed E-state index contributed by atoms with van der Waals surface area (Å²) in [6, 6.07) is 0. The van der Waals surface area contributed by atoms with Crippen LogP contribution in [0.15, 0.2) is 0 Å². The summed E-state index contributed by atoms with van der Waals surface area (Å²) in [5.74, 6) is 0. The number of rotatable bonds is 0. The second-order valence-corrected chi connectivity index (χ2v) is 0. The predicted molar refractivity (Wildman–Crippen MR) is 575 cm³/mol. The average Bonchev–Trinajstić information content (AvgIpc) is 0. The van der Waals surface area contributed by atoms with E-state index in [-0.39, 0.29) is 2310 Å². The zero-order valence-electron chi connectivity index (χ0n) is 70.7. The van der Waals surface area contributed by atoms with Gasteiger partial charge in [-0.2, -0.15) is 0 Å². The molecule has 0 spiro atoms. The maximum atomic E-state index is 0. The standard InChI is InChI=1S/100Mg/q100*+2. The van der Waals surface area contributed by atoms with Crippen LogP contribution in [0.5, 0.6) is 0 Å². The zero-order chi connectivity index (χ0) is 0. The van der Waals surface area contributed by atoms with Gasteiger partial charge in [0, 0.05) is 0 Å². The topological polar surface area (TPSA) is 0 Å². The van der Waals surface area contributed by atoms with Gasteiger partial charge in [0.1, 0.15) is 0 Å². The molecule has 0 saturated heterocycles. The summed E-state index contributed by atoms with van der Waals surface area (Å²) >= 11 is 0. The molecule has 0 radical (unpaired) electrons. The van der Waals surface area contributed by atoms with Gasteiger partial charge in [-0.15, -0.1) is 0 Å². The van der Waals surface area contributed by atoms with E-state index in [1.807, 2.05) is 0 Å². The molecule has 0 aliphatic rings. The van der Waals surface area contributed by atoms with Crippen molar-refractivity contribution in [2.24, 2.45) is 0 Å². The summed E-state index contributed by atoms with van der Waals surface area (Å²) in [5, 5.41) is 0. The Morgan fingerprint density at radius 3 is 0.0100 bits per heavy atom. The van der Waals surface area contributed by atoms with Crippen molar-refractivity contribution in [1.82, 2.24) is 0 Å². The summed E-state index contributed by atoms with van der Waals surface area (Å²) in [7, 11) is 0. The molecule has 0 valence electrons. The van der Waals surface area contributed by atoms with E-state index in [9.17, 15) is 0 Å². The normalized spacial score (nSPS) is 0. The Kier molecular flexibility index (Phi) is 8460. The fraction of sp³-hybridized carbons (Fsp3) is 0. The van der Waals surface area contributed by atoms with E-state index in [0.717, 1.165) is 0 Å². The average molecular weight is 2430 g/mol. The molecule has 0 aliphatic carbocycles. The number of hydrogen-bond donors (Lipinski definition) is 0. The van der Waals surface area contributed by atoms with Crippen LogP contribution in [-0.2, 0) is 0 Å². The molecule has 0 aromatic carbocycles. The Morgan fingerprint density at radius 2 is 0.0100 bits per heavy atom. The molecule has 0 amide bonds. The first kappa shape index (κ1) is 928. The third-order valence-electron chi connectivity index (χ3n) is 0.